The Kier molecular flexibility index (Phi) is 7.29. The van der Waals surface area contributed by atoms with E-state index in [1.807, 2.05) is 30.3 Å². The molecule has 2 unspecified atom stereocenters. The Balaban J connectivity index is 2.47. The summed E-state index contributed by atoms with van der Waals surface area (Å²) in [4.78, 5) is 23.0. The molecule has 0 saturated carbocycles. The summed E-state index contributed by atoms with van der Waals surface area (Å²) in [6.45, 7) is 4.71. The maximum Gasteiger partial charge on any atom is 0.326 e. The molecule has 1 aromatic rings. The number of hydrogen-bond donors (Lipinski definition) is 3. The third kappa shape index (κ3) is 6.79. The van der Waals surface area contributed by atoms with Crippen LogP contribution < -0.4 is 10.6 Å². The van der Waals surface area contributed by atoms with E-state index >= 15 is 0 Å². The zero-order valence-electron chi connectivity index (χ0n) is 12.6. The Morgan fingerprint density at radius 3 is 2.48 bits per heavy atom. The summed E-state index contributed by atoms with van der Waals surface area (Å²) in [7, 11) is 0. The van der Waals surface area contributed by atoms with Gasteiger partial charge in [0, 0.05) is 13.0 Å². The second-order valence-electron chi connectivity index (χ2n) is 5.33. The van der Waals surface area contributed by atoms with Crippen molar-refractivity contribution < 1.29 is 14.7 Å². The second-order valence-corrected chi connectivity index (χ2v) is 5.33. The van der Waals surface area contributed by atoms with Crippen molar-refractivity contribution in [1.29, 1.82) is 0 Å². The molecule has 0 saturated heterocycles. The summed E-state index contributed by atoms with van der Waals surface area (Å²) in [6, 6.07) is 7.91. The van der Waals surface area contributed by atoms with Gasteiger partial charge in [-0.15, -0.1) is 0 Å². The maximum atomic E-state index is 11.8. The van der Waals surface area contributed by atoms with E-state index in [1.165, 1.54) is 0 Å². The first-order chi connectivity index (χ1) is 10.0. The molecule has 2 amide bonds. The van der Waals surface area contributed by atoms with E-state index in [2.05, 4.69) is 24.5 Å². The van der Waals surface area contributed by atoms with Crippen LogP contribution in [-0.2, 0) is 11.2 Å². The predicted octanol–water partition coefficient (Wildman–Crippen LogP) is 2.42. The maximum absolute atomic E-state index is 11.8. The number of rotatable bonds is 8. The number of carboxylic acid groups (broad SMARTS) is 1. The predicted molar refractivity (Wildman–Crippen MR) is 82.2 cm³/mol. The highest BCUT2D eigenvalue weighted by molar-refractivity contribution is 5.82. The summed E-state index contributed by atoms with van der Waals surface area (Å²) >= 11 is 0. The van der Waals surface area contributed by atoms with E-state index in [0.717, 1.165) is 18.4 Å². The van der Waals surface area contributed by atoms with Crippen LogP contribution in [0.3, 0.4) is 0 Å². The zero-order valence-corrected chi connectivity index (χ0v) is 12.6. The average molecular weight is 292 g/mol. The molecule has 0 spiro atoms. The van der Waals surface area contributed by atoms with Gasteiger partial charge in [-0.3, -0.25) is 0 Å². The van der Waals surface area contributed by atoms with Gasteiger partial charge in [0.05, 0.1) is 0 Å². The van der Waals surface area contributed by atoms with Crippen molar-refractivity contribution in [2.75, 3.05) is 6.54 Å². The third-order valence-electron chi connectivity index (χ3n) is 3.28. The molecule has 0 radical (unpaired) electrons. The summed E-state index contributed by atoms with van der Waals surface area (Å²) in [5, 5.41) is 14.4. The molecule has 0 aliphatic heterocycles. The molecule has 21 heavy (non-hydrogen) atoms. The monoisotopic (exact) mass is 292 g/mol. The SMILES string of the molecule is CCCC(C)CNC(=O)NC(Cc1ccccc1)C(=O)O. The lowest BCUT2D eigenvalue weighted by atomic mass is 10.1. The first kappa shape index (κ1) is 17.0. The summed E-state index contributed by atoms with van der Waals surface area (Å²) < 4.78 is 0. The van der Waals surface area contributed by atoms with Crippen LogP contribution in [0.4, 0.5) is 4.79 Å². The number of aliphatic carboxylic acids is 1. The van der Waals surface area contributed by atoms with Gasteiger partial charge in [0.15, 0.2) is 0 Å². The van der Waals surface area contributed by atoms with E-state index in [-0.39, 0.29) is 6.42 Å². The van der Waals surface area contributed by atoms with Gasteiger partial charge in [-0.2, -0.15) is 0 Å². The molecule has 5 heteroatoms. The molecule has 5 nitrogen and oxygen atoms in total. The fraction of sp³-hybridized carbons (Fsp3) is 0.500. The molecule has 1 aromatic carbocycles. The van der Waals surface area contributed by atoms with Gasteiger partial charge in [-0.05, 0) is 17.9 Å². The smallest absolute Gasteiger partial charge is 0.326 e. The Morgan fingerprint density at radius 1 is 1.24 bits per heavy atom. The molecular weight excluding hydrogens is 268 g/mol. The van der Waals surface area contributed by atoms with Gasteiger partial charge in [0.25, 0.3) is 0 Å². The fourth-order valence-corrected chi connectivity index (χ4v) is 2.12. The first-order valence-corrected chi connectivity index (χ1v) is 7.34. The van der Waals surface area contributed by atoms with E-state index in [9.17, 15) is 14.7 Å². The highest BCUT2D eigenvalue weighted by atomic mass is 16.4. The van der Waals surface area contributed by atoms with Crippen molar-refractivity contribution in [3.05, 3.63) is 35.9 Å². The minimum absolute atomic E-state index is 0.272. The lowest BCUT2D eigenvalue weighted by Gasteiger charge is -2.17. The lowest BCUT2D eigenvalue weighted by molar-refractivity contribution is -0.139. The number of carbonyl (C=O) groups excluding carboxylic acids is 1. The molecule has 116 valence electrons. The number of nitrogens with one attached hydrogen (secondary N) is 2. The Bertz CT molecular complexity index is 448. The van der Waals surface area contributed by atoms with Crippen LogP contribution in [0.25, 0.3) is 0 Å². The molecular formula is C16H24N2O3. The molecule has 2 atom stereocenters. The van der Waals surface area contributed by atoms with E-state index in [1.54, 1.807) is 0 Å². The normalized spacial score (nSPS) is 13.2. The quantitative estimate of drug-likeness (QED) is 0.688. The van der Waals surface area contributed by atoms with Crippen molar-refractivity contribution in [2.45, 2.75) is 39.2 Å². The standard InChI is InChI=1S/C16H24N2O3/c1-3-7-12(2)11-17-16(21)18-14(15(19)20)10-13-8-5-4-6-9-13/h4-6,8-9,12,14H,3,7,10-11H2,1-2H3,(H,19,20)(H2,17,18,21). The van der Waals surface area contributed by atoms with Gasteiger partial charge in [0.1, 0.15) is 6.04 Å². The summed E-state index contributed by atoms with van der Waals surface area (Å²) in [6.07, 6.45) is 2.37. The molecule has 0 heterocycles. The topological polar surface area (TPSA) is 78.4 Å². The van der Waals surface area contributed by atoms with Crippen LogP contribution in [0.2, 0.25) is 0 Å². The van der Waals surface area contributed by atoms with E-state index in [0.29, 0.717) is 12.5 Å². The first-order valence-electron chi connectivity index (χ1n) is 7.34. The van der Waals surface area contributed by atoms with Crippen LogP contribution in [0.15, 0.2) is 30.3 Å². The van der Waals surface area contributed by atoms with Crippen LogP contribution in [-0.4, -0.2) is 29.7 Å². The molecule has 0 aliphatic carbocycles. The number of carbonyl (C=O) groups is 2. The number of carboxylic acids is 1. The largest absolute Gasteiger partial charge is 0.480 e. The highest BCUT2D eigenvalue weighted by Crippen LogP contribution is 2.04. The van der Waals surface area contributed by atoms with Crippen LogP contribution in [0.1, 0.15) is 32.3 Å². The Morgan fingerprint density at radius 2 is 1.90 bits per heavy atom. The number of benzene rings is 1. The van der Waals surface area contributed by atoms with Crippen LogP contribution in [0, 0.1) is 5.92 Å². The van der Waals surface area contributed by atoms with Gasteiger partial charge < -0.3 is 15.7 Å². The molecule has 3 N–H and O–H groups in total. The zero-order chi connectivity index (χ0) is 15.7. The molecule has 1 rings (SSSR count). The van der Waals surface area contributed by atoms with Crippen molar-refractivity contribution in [1.82, 2.24) is 10.6 Å². The van der Waals surface area contributed by atoms with Crippen LogP contribution >= 0.6 is 0 Å². The van der Waals surface area contributed by atoms with Crippen molar-refractivity contribution >= 4 is 12.0 Å². The van der Waals surface area contributed by atoms with Gasteiger partial charge in [0.2, 0.25) is 0 Å². The van der Waals surface area contributed by atoms with Gasteiger partial charge >= 0.3 is 12.0 Å². The molecule has 0 fully saturated rings. The van der Waals surface area contributed by atoms with Crippen LogP contribution in [0.5, 0.6) is 0 Å². The summed E-state index contributed by atoms with van der Waals surface area (Å²) in [5.74, 6) is -0.645. The Labute approximate surface area is 125 Å². The van der Waals surface area contributed by atoms with Crippen molar-refractivity contribution in [2.24, 2.45) is 5.92 Å². The van der Waals surface area contributed by atoms with E-state index in [4.69, 9.17) is 0 Å². The summed E-state index contributed by atoms with van der Waals surface area (Å²) in [5.41, 5.74) is 0.879. The second kappa shape index (κ2) is 9.00. The lowest BCUT2D eigenvalue weighted by Crippen LogP contribution is -2.47. The Hall–Kier alpha value is -2.04. The minimum Gasteiger partial charge on any atom is -0.480 e. The average Bonchev–Trinajstić information content (AvgIpc) is 2.46. The third-order valence-corrected chi connectivity index (χ3v) is 3.28. The van der Waals surface area contributed by atoms with Gasteiger partial charge in [-0.25, -0.2) is 9.59 Å². The molecule has 0 bridgehead atoms. The number of hydrogen-bond acceptors (Lipinski definition) is 2. The minimum atomic E-state index is -1.03. The van der Waals surface area contributed by atoms with Crippen molar-refractivity contribution in [3.8, 4) is 0 Å². The van der Waals surface area contributed by atoms with Gasteiger partial charge in [-0.1, -0.05) is 50.6 Å². The van der Waals surface area contributed by atoms with Crippen molar-refractivity contribution in [3.63, 3.8) is 0 Å². The molecule has 0 aliphatic rings. The number of amides is 2. The fourth-order valence-electron chi connectivity index (χ4n) is 2.12. The molecule has 0 aromatic heterocycles. The van der Waals surface area contributed by atoms with E-state index < -0.39 is 18.0 Å². The number of urea groups is 1. The highest BCUT2D eigenvalue weighted by Gasteiger charge is 2.20.